The first-order valence-electron chi connectivity index (χ1n) is 9.94. The van der Waals surface area contributed by atoms with Crippen molar-refractivity contribution in [2.24, 2.45) is 0 Å². The molecule has 2 aliphatic rings. The lowest BCUT2D eigenvalue weighted by atomic mass is 9.77. The van der Waals surface area contributed by atoms with Gasteiger partial charge in [0.2, 0.25) is 11.4 Å². The Morgan fingerprint density at radius 3 is 2.55 bits per heavy atom. The summed E-state index contributed by atoms with van der Waals surface area (Å²) in [6.07, 6.45) is -0.874. The molecule has 2 aromatic carbocycles. The van der Waals surface area contributed by atoms with Gasteiger partial charge in [0.25, 0.3) is 0 Å². The minimum absolute atomic E-state index is 0.140. The lowest BCUT2D eigenvalue weighted by molar-refractivity contribution is -0.0914. The van der Waals surface area contributed by atoms with Crippen LogP contribution in [0.2, 0.25) is 0 Å². The number of aliphatic hydroxyl groups is 1. The summed E-state index contributed by atoms with van der Waals surface area (Å²) in [5.41, 5.74) is -0.699. The minimum Gasteiger partial charge on any atom is -0.478 e. The Kier molecular flexibility index (Phi) is 4.42. The number of carbonyl (C=O) groups is 2. The minimum atomic E-state index is -1.88. The molecule has 0 bridgehead atoms. The van der Waals surface area contributed by atoms with Crippen LogP contribution in [0, 0.1) is 0 Å². The Morgan fingerprint density at radius 2 is 1.90 bits per heavy atom. The highest BCUT2D eigenvalue weighted by Crippen LogP contribution is 2.61. The van der Waals surface area contributed by atoms with Crippen LogP contribution >= 0.6 is 0 Å². The van der Waals surface area contributed by atoms with Crippen LogP contribution in [0.15, 0.2) is 42.5 Å². The van der Waals surface area contributed by atoms with Crippen LogP contribution < -0.4 is 4.74 Å². The van der Waals surface area contributed by atoms with Crippen LogP contribution in [0.5, 0.6) is 5.75 Å². The molecule has 2 aromatic rings. The fraction of sp³-hybridized carbons (Fsp3) is 0.391. The van der Waals surface area contributed by atoms with Gasteiger partial charge in [-0.15, -0.1) is 0 Å². The second-order valence-electron chi connectivity index (χ2n) is 8.04. The Hall–Kier alpha value is -2.86. The average molecular weight is 395 g/mol. The predicted octanol–water partition coefficient (Wildman–Crippen LogP) is 3.87. The maximum atomic E-state index is 13.4. The van der Waals surface area contributed by atoms with Crippen molar-refractivity contribution in [3.8, 4) is 5.75 Å². The number of benzene rings is 2. The van der Waals surface area contributed by atoms with Gasteiger partial charge in [0.1, 0.15) is 5.75 Å². The van der Waals surface area contributed by atoms with Crippen molar-refractivity contribution >= 4 is 11.9 Å². The van der Waals surface area contributed by atoms with Gasteiger partial charge in [-0.25, -0.2) is 4.79 Å². The molecule has 152 valence electrons. The summed E-state index contributed by atoms with van der Waals surface area (Å²) >= 11 is 0. The third-order valence-corrected chi connectivity index (χ3v) is 6.25. The summed E-state index contributed by atoms with van der Waals surface area (Å²) in [7, 11) is 0. The number of ketones is 1. The van der Waals surface area contributed by atoms with E-state index in [0.717, 1.165) is 5.56 Å². The first kappa shape index (κ1) is 19.5. The zero-order valence-electron chi connectivity index (χ0n) is 16.8. The molecule has 2 atom stereocenters. The second kappa shape index (κ2) is 6.59. The largest absolute Gasteiger partial charge is 0.478 e. The number of hydrogen-bond donors (Lipinski definition) is 2. The first-order chi connectivity index (χ1) is 13.8. The number of nitrogens with zero attached hydrogens (tertiary/aromatic N) is 1. The van der Waals surface area contributed by atoms with Gasteiger partial charge in [0.05, 0.1) is 0 Å². The molecule has 1 aliphatic carbocycles. The summed E-state index contributed by atoms with van der Waals surface area (Å²) < 4.78 is 6.39. The number of Topliss-reactive ketones (excluding diaryl/α,β-unsaturated/α-hetero) is 1. The van der Waals surface area contributed by atoms with Gasteiger partial charge in [-0.2, -0.15) is 0 Å². The molecule has 0 saturated carbocycles. The topological polar surface area (TPSA) is 87.1 Å². The van der Waals surface area contributed by atoms with E-state index in [4.69, 9.17) is 4.74 Å². The SMILES string of the molecule is CCN(CCC12Oc3cc(C(C)C)ccc3C1(O)C(=O)c1ccccc12)C(=O)O. The number of amides is 1. The van der Waals surface area contributed by atoms with Crippen LogP contribution in [-0.4, -0.2) is 40.1 Å². The summed E-state index contributed by atoms with van der Waals surface area (Å²) in [5, 5.41) is 21.3. The second-order valence-corrected chi connectivity index (χ2v) is 8.04. The van der Waals surface area contributed by atoms with E-state index in [1.807, 2.05) is 12.1 Å². The lowest BCUT2D eigenvalue weighted by Crippen LogP contribution is -2.50. The molecule has 2 N–H and O–H groups in total. The van der Waals surface area contributed by atoms with Crippen molar-refractivity contribution in [2.45, 2.75) is 44.3 Å². The smallest absolute Gasteiger partial charge is 0.407 e. The molecular formula is C23H25NO5. The number of hydrogen-bond acceptors (Lipinski definition) is 4. The number of carbonyl (C=O) groups excluding carboxylic acids is 1. The monoisotopic (exact) mass is 395 g/mol. The fourth-order valence-electron chi connectivity index (χ4n) is 4.59. The van der Waals surface area contributed by atoms with E-state index in [1.54, 1.807) is 37.3 Å². The van der Waals surface area contributed by atoms with Gasteiger partial charge in [-0.05, 0) is 24.5 Å². The normalized spacial score (nSPS) is 24.1. The standard InChI is InChI=1S/C23H25NO5/c1-4-24(21(26)27)12-11-22-17-8-6-5-7-16(17)20(25)23(22,28)18-10-9-15(14(2)3)13-19(18)29-22/h5-10,13-14,28H,4,11-12H2,1-3H3,(H,26,27). The van der Waals surface area contributed by atoms with Crippen molar-refractivity contribution in [3.05, 3.63) is 64.7 Å². The number of carboxylic acid groups (broad SMARTS) is 1. The molecule has 1 heterocycles. The molecule has 6 nitrogen and oxygen atoms in total. The lowest BCUT2D eigenvalue weighted by Gasteiger charge is -2.36. The van der Waals surface area contributed by atoms with Crippen molar-refractivity contribution < 1.29 is 24.5 Å². The molecule has 0 spiro atoms. The average Bonchev–Trinajstić information content (AvgIpc) is 3.06. The van der Waals surface area contributed by atoms with Gasteiger partial charge in [-0.3, -0.25) is 4.79 Å². The van der Waals surface area contributed by atoms with E-state index in [1.165, 1.54) is 4.90 Å². The van der Waals surface area contributed by atoms with Gasteiger partial charge >= 0.3 is 6.09 Å². The molecular weight excluding hydrogens is 370 g/mol. The molecule has 0 saturated heterocycles. The number of ether oxygens (including phenoxy) is 1. The molecule has 0 aromatic heterocycles. The predicted molar refractivity (Wildman–Crippen MR) is 107 cm³/mol. The molecule has 2 unspecified atom stereocenters. The Bertz CT molecular complexity index is 1000. The number of fused-ring (bicyclic) bond motifs is 5. The van der Waals surface area contributed by atoms with E-state index in [-0.39, 0.29) is 18.9 Å². The van der Waals surface area contributed by atoms with Crippen molar-refractivity contribution in [1.29, 1.82) is 0 Å². The molecule has 29 heavy (non-hydrogen) atoms. The summed E-state index contributed by atoms with van der Waals surface area (Å²) in [6.45, 7) is 6.33. The molecule has 0 fully saturated rings. The zero-order valence-corrected chi connectivity index (χ0v) is 16.8. The molecule has 1 aliphatic heterocycles. The van der Waals surface area contributed by atoms with E-state index in [0.29, 0.717) is 29.0 Å². The third-order valence-electron chi connectivity index (χ3n) is 6.25. The van der Waals surface area contributed by atoms with Crippen LogP contribution in [-0.2, 0) is 11.2 Å². The summed E-state index contributed by atoms with van der Waals surface area (Å²) in [4.78, 5) is 26.1. The Labute approximate surface area is 169 Å². The van der Waals surface area contributed by atoms with Crippen molar-refractivity contribution in [3.63, 3.8) is 0 Å². The maximum absolute atomic E-state index is 13.4. The summed E-state index contributed by atoms with van der Waals surface area (Å²) in [6, 6.07) is 12.6. The zero-order chi connectivity index (χ0) is 21.0. The van der Waals surface area contributed by atoms with Crippen molar-refractivity contribution in [1.82, 2.24) is 4.90 Å². The Balaban J connectivity index is 1.86. The van der Waals surface area contributed by atoms with Gasteiger partial charge in [0, 0.05) is 36.2 Å². The van der Waals surface area contributed by atoms with Gasteiger partial charge in [0.15, 0.2) is 5.60 Å². The van der Waals surface area contributed by atoms with Crippen LogP contribution in [0.3, 0.4) is 0 Å². The number of rotatable bonds is 5. The quantitative estimate of drug-likeness (QED) is 0.802. The molecule has 4 rings (SSSR count). The molecule has 6 heteroatoms. The highest BCUT2D eigenvalue weighted by Gasteiger charge is 2.69. The van der Waals surface area contributed by atoms with E-state index >= 15 is 0 Å². The molecule has 0 radical (unpaired) electrons. The van der Waals surface area contributed by atoms with Crippen LogP contribution in [0.25, 0.3) is 0 Å². The highest BCUT2D eigenvalue weighted by atomic mass is 16.5. The maximum Gasteiger partial charge on any atom is 0.407 e. The van der Waals surface area contributed by atoms with Crippen molar-refractivity contribution in [2.75, 3.05) is 13.1 Å². The van der Waals surface area contributed by atoms with Gasteiger partial charge < -0.3 is 19.8 Å². The highest BCUT2D eigenvalue weighted by molar-refractivity contribution is 6.10. The van der Waals surface area contributed by atoms with E-state index < -0.39 is 23.1 Å². The van der Waals surface area contributed by atoms with E-state index in [2.05, 4.69) is 13.8 Å². The van der Waals surface area contributed by atoms with Crippen LogP contribution in [0.1, 0.15) is 60.2 Å². The fourth-order valence-corrected chi connectivity index (χ4v) is 4.59. The Morgan fingerprint density at radius 1 is 1.17 bits per heavy atom. The third kappa shape index (κ3) is 2.52. The van der Waals surface area contributed by atoms with Crippen LogP contribution in [0.4, 0.5) is 4.79 Å². The molecule has 1 amide bonds. The first-order valence-corrected chi connectivity index (χ1v) is 9.94. The van der Waals surface area contributed by atoms with E-state index in [9.17, 15) is 19.8 Å². The summed E-state index contributed by atoms with van der Waals surface area (Å²) in [5.74, 6) is 0.350. The van der Waals surface area contributed by atoms with Gasteiger partial charge in [-0.1, -0.05) is 50.2 Å².